The van der Waals surface area contributed by atoms with Gasteiger partial charge in [0, 0.05) is 10.9 Å². The third kappa shape index (κ3) is 5.11. The van der Waals surface area contributed by atoms with Crippen molar-refractivity contribution in [3.8, 4) is 22.8 Å². The lowest BCUT2D eigenvalue weighted by molar-refractivity contribution is 0.466. The number of anilines is 1. The molecular weight excluding hydrogens is 478 g/mol. The number of hydrogen-bond donors (Lipinski definition) is 2. The first-order valence-corrected chi connectivity index (χ1v) is 14.2. The number of phenolic OH excluding ortho intramolecular Hbond substituents is 1. The van der Waals surface area contributed by atoms with Crippen molar-refractivity contribution in [2.75, 3.05) is 5.43 Å². The second-order valence-corrected chi connectivity index (χ2v) is 14.8. The summed E-state index contributed by atoms with van der Waals surface area (Å²) in [5.74, 6) is 0.834. The minimum Gasteiger partial charge on any atom is -0.543 e. The maximum atomic E-state index is 10.3. The Kier molecular flexibility index (Phi) is 6.69. The number of halogens is 1. The summed E-state index contributed by atoms with van der Waals surface area (Å²) < 4.78 is 7.08. The fraction of sp³-hybridized carbons (Fsp3) is 0.273. The van der Waals surface area contributed by atoms with Crippen molar-refractivity contribution in [2.45, 2.75) is 38.9 Å². The van der Waals surface area contributed by atoms with Crippen LogP contribution in [-0.2, 0) is 0 Å². The monoisotopic (exact) mass is 503 g/mol. The van der Waals surface area contributed by atoms with Crippen LogP contribution in [0.4, 0.5) is 5.13 Å². The average molecular weight is 505 g/mol. The van der Waals surface area contributed by atoms with Crippen molar-refractivity contribution < 1.29 is 9.53 Å². The number of hydrogen-bond acceptors (Lipinski definition) is 6. The third-order valence-corrected chi connectivity index (χ3v) is 11.1. The summed E-state index contributed by atoms with van der Waals surface area (Å²) in [5, 5.41) is 17.3. The first-order valence-electron chi connectivity index (χ1n) is 9.59. The van der Waals surface area contributed by atoms with E-state index >= 15 is 0 Å². The second kappa shape index (κ2) is 8.91. The van der Waals surface area contributed by atoms with Crippen LogP contribution in [0.15, 0.2) is 57.4 Å². The van der Waals surface area contributed by atoms with Gasteiger partial charge < -0.3 is 9.53 Å². The van der Waals surface area contributed by atoms with E-state index in [4.69, 9.17) is 4.43 Å². The maximum Gasteiger partial charge on any atom is 0.250 e. The maximum absolute atomic E-state index is 10.3. The minimum absolute atomic E-state index is 0.0709. The first kappa shape index (κ1) is 22.5. The highest BCUT2D eigenvalue weighted by atomic mass is 79.9. The number of phenols is 1. The summed E-state index contributed by atoms with van der Waals surface area (Å²) in [4.78, 5) is 4.55. The molecule has 0 atom stereocenters. The fourth-order valence-electron chi connectivity index (χ4n) is 2.41. The van der Waals surface area contributed by atoms with E-state index in [1.807, 2.05) is 35.7 Å². The molecule has 8 heteroatoms. The number of nitrogens with zero attached hydrogens (tertiary/aromatic N) is 2. The van der Waals surface area contributed by atoms with Crippen LogP contribution in [0.25, 0.3) is 11.3 Å². The zero-order chi connectivity index (χ0) is 21.9. The SMILES string of the molecule is CC(C)(C)[Si](C)(C)Oc1ccc(O)c(C=NNc2nc(-c3ccccc3)cs2)c1Br. The van der Waals surface area contributed by atoms with Gasteiger partial charge in [-0.25, -0.2) is 4.98 Å². The molecule has 2 aromatic carbocycles. The van der Waals surface area contributed by atoms with E-state index in [1.165, 1.54) is 11.3 Å². The molecule has 0 aliphatic rings. The van der Waals surface area contributed by atoms with Gasteiger partial charge in [-0.1, -0.05) is 51.1 Å². The Bertz CT molecular complexity index is 1050. The number of thiazole rings is 1. The summed E-state index contributed by atoms with van der Waals surface area (Å²) in [7, 11) is -2.01. The van der Waals surface area contributed by atoms with Gasteiger partial charge in [-0.3, -0.25) is 5.43 Å². The lowest BCUT2D eigenvalue weighted by Crippen LogP contribution is -2.44. The van der Waals surface area contributed by atoms with Gasteiger partial charge in [0.25, 0.3) is 8.32 Å². The topological polar surface area (TPSA) is 66.7 Å². The van der Waals surface area contributed by atoms with Gasteiger partial charge in [0.1, 0.15) is 11.5 Å². The Morgan fingerprint density at radius 3 is 2.53 bits per heavy atom. The van der Waals surface area contributed by atoms with Crippen molar-refractivity contribution in [3.05, 3.63) is 57.9 Å². The Labute approximate surface area is 191 Å². The fourth-order valence-corrected chi connectivity index (χ4v) is 4.77. The number of rotatable bonds is 6. The highest BCUT2D eigenvalue weighted by Gasteiger charge is 2.39. The third-order valence-electron chi connectivity index (χ3n) is 5.22. The van der Waals surface area contributed by atoms with Gasteiger partial charge in [0.15, 0.2) is 0 Å². The van der Waals surface area contributed by atoms with Crippen molar-refractivity contribution in [1.82, 2.24) is 4.98 Å². The molecule has 30 heavy (non-hydrogen) atoms. The highest BCUT2D eigenvalue weighted by molar-refractivity contribution is 9.10. The van der Waals surface area contributed by atoms with E-state index in [0.29, 0.717) is 20.9 Å². The molecule has 1 aromatic heterocycles. The minimum atomic E-state index is -2.01. The smallest absolute Gasteiger partial charge is 0.250 e. The van der Waals surface area contributed by atoms with Crippen molar-refractivity contribution in [1.29, 1.82) is 0 Å². The van der Waals surface area contributed by atoms with E-state index in [1.54, 1.807) is 18.3 Å². The molecule has 3 aromatic rings. The van der Waals surface area contributed by atoms with Gasteiger partial charge >= 0.3 is 0 Å². The van der Waals surface area contributed by atoms with E-state index in [9.17, 15) is 5.11 Å². The van der Waals surface area contributed by atoms with Crippen LogP contribution < -0.4 is 9.85 Å². The van der Waals surface area contributed by atoms with Crippen LogP contribution in [0.3, 0.4) is 0 Å². The number of aromatic hydroxyl groups is 1. The Morgan fingerprint density at radius 2 is 1.87 bits per heavy atom. The lowest BCUT2D eigenvalue weighted by atomic mass is 10.2. The van der Waals surface area contributed by atoms with Crippen LogP contribution in [-0.4, -0.2) is 24.6 Å². The molecule has 0 amide bonds. The summed E-state index contributed by atoms with van der Waals surface area (Å²) in [6, 6.07) is 13.4. The molecule has 0 unspecified atom stereocenters. The molecular formula is C22H26BrN3O2SSi. The summed E-state index contributed by atoms with van der Waals surface area (Å²) in [6.07, 6.45) is 1.57. The molecule has 0 saturated heterocycles. The van der Waals surface area contributed by atoms with E-state index in [2.05, 4.69) is 65.3 Å². The van der Waals surface area contributed by atoms with E-state index in [0.717, 1.165) is 11.3 Å². The number of nitrogens with one attached hydrogen (secondary N) is 1. The normalized spacial score (nSPS) is 12.3. The summed E-state index contributed by atoms with van der Waals surface area (Å²) in [5.41, 5.74) is 5.45. The molecule has 158 valence electrons. The van der Waals surface area contributed by atoms with Gasteiger partial charge in [-0.15, -0.1) is 11.3 Å². The van der Waals surface area contributed by atoms with Crippen LogP contribution >= 0.6 is 27.3 Å². The van der Waals surface area contributed by atoms with Crippen LogP contribution in [0.1, 0.15) is 26.3 Å². The van der Waals surface area contributed by atoms with E-state index in [-0.39, 0.29) is 10.8 Å². The van der Waals surface area contributed by atoms with Gasteiger partial charge in [0.2, 0.25) is 5.13 Å². The molecule has 0 spiro atoms. The summed E-state index contributed by atoms with van der Waals surface area (Å²) in [6.45, 7) is 11.0. The molecule has 0 saturated carbocycles. The molecule has 0 bridgehead atoms. The Morgan fingerprint density at radius 1 is 1.17 bits per heavy atom. The predicted octanol–water partition coefficient (Wildman–Crippen LogP) is 7.11. The van der Waals surface area contributed by atoms with Gasteiger partial charge in [0.05, 0.1) is 21.9 Å². The standard InChI is InChI=1S/C22H26BrN3O2SSi/c1-22(2,3)30(4,5)28-19-12-11-18(27)16(20(19)23)13-24-26-21-25-17(14-29-21)15-9-7-6-8-10-15/h6-14,27H,1-5H3,(H,25,26). The quantitative estimate of drug-likeness (QED) is 0.213. The molecule has 1 heterocycles. The van der Waals surface area contributed by atoms with Crippen molar-refractivity contribution in [3.63, 3.8) is 0 Å². The summed E-state index contributed by atoms with van der Waals surface area (Å²) >= 11 is 5.05. The van der Waals surface area contributed by atoms with Gasteiger partial charge in [-0.05, 0) is 46.2 Å². The highest BCUT2D eigenvalue weighted by Crippen LogP contribution is 2.41. The van der Waals surface area contributed by atoms with Crippen molar-refractivity contribution >= 4 is 46.9 Å². The molecule has 3 rings (SSSR count). The van der Waals surface area contributed by atoms with Crippen LogP contribution in [0, 0.1) is 0 Å². The molecule has 0 aliphatic heterocycles. The molecule has 0 fully saturated rings. The van der Waals surface area contributed by atoms with Crippen molar-refractivity contribution in [2.24, 2.45) is 5.10 Å². The van der Waals surface area contributed by atoms with Crippen LogP contribution in [0.2, 0.25) is 18.1 Å². The number of aromatic nitrogens is 1. The zero-order valence-corrected chi connectivity index (χ0v) is 21.1. The molecule has 0 aliphatic carbocycles. The lowest BCUT2D eigenvalue weighted by Gasteiger charge is -2.36. The van der Waals surface area contributed by atoms with Gasteiger partial charge in [-0.2, -0.15) is 5.10 Å². The van der Waals surface area contributed by atoms with Crippen LogP contribution in [0.5, 0.6) is 11.5 Å². The zero-order valence-electron chi connectivity index (χ0n) is 17.7. The largest absolute Gasteiger partial charge is 0.543 e. The number of hydrazone groups is 1. The second-order valence-electron chi connectivity index (χ2n) is 8.45. The first-order chi connectivity index (χ1) is 14.1. The van der Waals surface area contributed by atoms with E-state index < -0.39 is 8.32 Å². The molecule has 2 N–H and O–H groups in total. The molecule has 5 nitrogen and oxygen atoms in total. The predicted molar refractivity (Wildman–Crippen MR) is 132 cm³/mol. The Hall–Kier alpha value is -2.16. The average Bonchev–Trinajstić information content (AvgIpc) is 3.15. The Balaban J connectivity index is 1.77. The number of benzene rings is 2. The molecule has 0 radical (unpaired) electrons.